The normalized spacial score (nSPS) is 25.8. The van der Waals surface area contributed by atoms with E-state index in [2.05, 4.69) is 11.8 Å². The molecule has 3 N–H and O–H groups in total. The van der Waals surface area contributed by atoms with Crippen molar-refractivity contribution in [3.05, 3.63) is 12.2 Å². The predicted molar refractivity (Wildman–Crippen MR) is 105 cm³/mol. The van der Waals surface area contributed by atoms with E-state index in [-0.39, 0.29) is 18.1 Å². The van der Waals surface area contributed by atoms with Gasteiger partial charge in [0.1, 0.15) is 5.78 Å². The summed E-state index contributed by atoms with van der Waals surface area (Å²) in [6, 6.07) is 0. The second-order valence-electron chi connectivity index (χ2n) is 7.55. The number of carbonyl (C=O) groups is 2. The highest BCUT2D eigenvalue weighted by atomic mass is 16.4. The first kappa shape index (κ1) is 23.4. The van der Waals surface area contributed by atoms with E-state index in [4.69, 9.17) is 0 Å². The van der Waals surface area contributed by atoms with Gasteiger partial charge in [0, 0.05) is 31.1 Å². The Labute approximate surface area is 162 Å². The quantitative estimate of drug-likeness (QED) is 0.308. The van der Waals surface area contributed by atoms with Gasteiger partial charge in [-0.3, -0.25) is 9.59 Å². The van der Waals surface area contributed by atoms with Crippen molar-refractivity contribution in [3.63, 3.8) is 0 Å². The Balaban J connectivity index is 2.87. The van der Waals surface area contributed by atoms with Gasteiger partial charge in [0.05, 0.1) is 18.1 Å². The molecule has 1 aliphatic carbocycles. The molecule has 0 aromatic carbocycles. The summed E-state index contributed by atoms with van der Waals surface area (Å²) < 4.78 is 0. The summed E-state index contributed by atoms with van der Waals surface area (Å²) in [5, 5.41) is 30.2. The molecule has 0 saturated heterocycles. The Morgan fingerprint density at radius 3 is 2.59 bits per heavy atom. The van der Waals surface area contributed by atoms with Crippen molar-refractivity contribution in [1.29, 1.82) is 0 Å². The first-order valence-electron chi connectivity index (χ1n) is 10.1. The van der Waals surface area contributed by atoms with Crippen LogP contribution in [0, 0.1) is 35.5 Å². The van der Waals surface area contributed by atoms with E-state index >= 15 is 0 Å². The number of unbranched alkanes of at least 4 members (excludes halogenated alkanes) is 2. The molecule has 0 aromatic heterocycles. The van der Waals surface area contributed by atoms with Gasteiger partial charge in [-0.25, -0.2) is 0 Å². The molecule has 0 aromatic rings. The minimum atomic E-state index is -0.985. The minimum Gasteiger partial charge on any atom is -0.481 e. The van der Waals surface area contributed by atoms with Crippen LogP contribution in [0.1, 0.15) is 65.7 Å². The minimum absolute atomic E-state index is 0.0230. The molecule has 1 rings (SSSR count). The van der Waals surface area contributed by atoms with Crippen molar-refractivity contribution in [2.45, 2.75) is 77.9 Å². The summed E-state index contributed by atoms with van der Waals surface area (Å²) in [6.45, 7) is 5.89. The fourth-order valence-electron chi connectivity index (χ4n) is 3.65. The van der Waals surface area contributed by atoms with Gasteiger partial charge < -0.3 is 15.3 Å². The van der Waals surface area contributed by atoms with Gasteiger partial charge in [0.15, 0.2) is 0 Å². The fraction of sp³-hybridized carbons (Fsp3) is 0.727. The highest BCUT2D eigenvalue weighted by Gasteiger charge is 2.46. The Kier molecular flexibility index (Phi) is 10.4. The lowest BCUT2D eigenvalue weighted by Gasteiger charge is -2.24. The van der Waals surface area contributed by atoms with Crippen molar-refractivity contribution >= 4 is 11.8 Å². The molecule has 1 aliphatic rings. The second-order valence-corrected chi connectivity index (χ2v) is 7.55. The molecule has 0 amide bonds. The molecule has 27 heavy (non-hydrogen) atoms. The zero-order valence-corrected chi connectivity index (χ0v) is 16.7. The number of Topliss-reactive ketones (excluding diaryl/α,β-unsaturated/α-hetero) is 1. The lowest BCUT2D eigenvalue weighted by atomic mass is 9.79. The number of carbonyl (C=O) groups excluding carboxylic acids is 1. The van der Waals surface area contributed by atoms with Gasteiger partial charge >= 0.3 is 5.97 Å². The monoisotopic (exact) mass is 378 g/mol. The van der Waals surface area contributed by atoms with E-state index < -0.39 is 35.9 Å². The summed E-state index contributed by atoms with van der Waals surface area (Å²) in [5.41, 5.74) is 0. The summed E-state index contributed by atoms with van der Waals surface area (Å²) in [7, 11) is 0. The van der Waals surface area contributed by atoms with E-state index in [1.807, 2.05) is 20.8 Å². The number of rotatable bonds is 10. The zero-order chi connectivity index (χ0) is 20.4. The van der Waals surface area contributed by atoms with Crippen LogP contribution in [0.5, 0.6) is 0 Å². The molecule has 2 unspecified atom stereocenters. The molecule has 152 valence electrons. The third-order valence-electron chi connectivity index (χ3n) is 5.35. The van der Waals surface area contributed by atoms with Crippen LogP contribution in [-0.2, 0) is 9.59 Å². The van der Waals surface area contributed by atoms with Crippen LogP contribution < -0.4 is 0 Å². The molecule has 0 aliphatic heterocycles. The lowest BCUT2D eigenvalue weighted by Crippen LogP contribution is -2.32. The predicted octanol–water partition coefficient (Wildman–Crippen LogP) is 3.19. The molecule has 5 nitrogen and oxygen atoms in total. The van der Waals surface area contributed by atoms with E-state index in [9.17, 15) is 24.9 Å². The van der Waals surface area contributed by atoms with E-state index in [1.54, 1.807) is 12.2 Å². The molecule has 6 atom stereocenters. The van der Waals surface area contributed by atoms with Gasteiger partial charge in [-0.15, -0.1) is 11.8 Å². The molecular weight excluding hydrogens is 344 g/mol. The summed E-state index contributed by atoms with van der Waals surface area (Å²) >= 11 is 0. The zero-order valence-electron chi connectivity index (χ0n) is 16.7. The molecule has 0 spiro atoms. The van der Waals surface area contributed by atoms with E-state index in [0.717, 1.165) is 25.7 Å². The Morgan fingerprint density at radius 2 is 2.00 bits per heavy atom. The topological polar surface area (TPSA) is 94.8 Å². The Hall–Kier alpha value is -1.64. The maximum Gasteiger partial charge on any atom is 0.307 e. The summed E-state index contributed by atoms with van der Waals surface area (Å²) in [5.74, 6) is 2.63. The number of carboxylic acid groups (broad SMARTS) is 1. The van der Waals surface area contributed by atoms with Crippen molar-refractivity contribution < 1.29 is 24.9 Å². The van der Waals surface area contributed by atoms with Crippen molar-refractivity contribution in [2.24, 2.45) is 23.7 Å². The van der Waals surface area contributed by atoms with Crippen molar-refractivity contribution in [2.75, 3.05) is 0 Å². The van der Waals surface area contributed by atoms with Gasteiger partial charge in [0.2, 0.25) is 0 Å². The van der Waals surface area contributed by atoms with Gasteiger partial charge in [-0.05, 0) is 12.3 Å². The summed E-state index contributed by atoms with van der Waals surface area (Å²) in [6.07, 6.45) is 5.97. The highest BCUT2D eigenvalue weighted by molar-refractivity contribution is 5.89. The second kappa shape index (κ2) is 11.9. The molecule has 0 radical (unpaired) electrons. The summed E-state index contributed by atoms with van der Waals surface area (Å²) in [4.78, 5) is 24.1. The van der Waals surface area contributed by atoms with Crippen LogP contribution in [0.2, 0.25) is 0 Å². The third-order valence-corrected chi connectivity index (χ3v) is 5.35. The van der Waals surface area contributed by atoms with Crippen molar-refractivity contribution in [1.82, 2.24) is 0 Å². The molecule has 1 saturated carbocycles. The number of aliphatic carboxylic acids is 1. The number of ketones is 1. The van der Waals surface area contributed by atoms with Crippen LogP contribution in [-0.4, -0.2) is 39.3 Å². The SMILES string of the molecule is CCC#CC[C@H](C)C(O)/C=C/[C@H]1[C@H](O)CC(=O)[C@H]1C(CCCCC)C(=O)O. The van der Waals surface area contributed by atoms with Crippen LogP contribution in [0.4, 0.5) is 0 Å². The first-order chi connectivity index (χ1) is 12.8. The van der Waals surface area contributed by atoms with Crippen molar-refractivity contribution in [3.8, 4) is 11.8 Å². The fourth-order valence-corrected chi connectivity index (χ4v) is 3.65. The van der Waals surface area contributed by atoms with Crippen LogP contribution in [0.15, 0.2) is 12.2 Å². The molecule has 5 heteroatoms. The smallest absolute Gasteiger partial charge is 0.307 e. The number of hydrogen-bond donors (Lipinski definition) is 3. The Morgan fingerprint density at radius 1 is 1.30 bits per heavy atom. The Bertz CT molecular complexity index is 571. The average Bonchev–Trinajstić information content (AvgIpc) is 2.89. The molecule has 1 fully saturated rings. The molecule has 0 heterocycles. The molecule has 0 bridgehead atoms. The maximum absolute atomic E-state index is 12.4. The van der Waals surface area contributed by atoms with Gasteiger partial charge in [-0.1, -0.05) is 52.2 Å². The highest BCUT2D eigenvalue weighted by Crippen LogP contribution is 2.38. The number of aliphatic hydroxyl groups excluding tert-OH is 2. The average molecular weight is 379 g/mol. The molecular formula is C22H34O5. The van der Waals surface area contributed by atoms with Crippen LogP contribution in [0.25, 0.3) is 0 Å². The number of carboxylic acids is 1. The largest absolute Gasteiger partial charge is 0.481 e. The number of hydrogen-bond acceptors (Lipinski definition) is 4. The lowest BCUT2D eigenvalue weighted by molar-refractivity contribution is -0.147. The number of aliphatic hydroxyl groups is 2. The maximum atomic E-state index is 12.4. The van der Waals surface area contributed by atoms with Gasteiger partial charge in [0.25, 0.3) is 0 Å². The van der Waals surface area contributed by atoms with Gasteiger partial charge in [-0.2, -0.15) is 0 Å². The first-order valence-corrected chi connectivity index (χ1v) is 10.1. The standard InChI is InChI=1S/C22H34O5/c1-4-6-8-10-15(3)18(23)13-12-16-19(24)14-20(25)21(16)17(22(26)27)11-9-7-5-2/h12-13,15-19,21,23-24H,4-5,7,9-11,14H2,1-3H3,(H,26,27)/b13-12+/t15-,16-,17?,18?,19+,21+/m0/s1. The van der Waals surface area contributed by atoms with Crippen LogP contribution >= 0.6 is 0 Å². The third kappa shape index (κ3) is 7.12. The van der Waals surface area contributed by atoms with E-state index in [1.165, 1.54) is 0 Å². The van der Waals surface area contributed by atoms with Crippen LogP contribution in [0.3, 0.4) is 0 Å². The van der Waals surface area contributed by atoms with E-state index in [0.29, 0.717) is 12.8 Å².